The minimum absolute atomic E-state index is 0.110. The summed E-state index contributed by atoms with van der Waals surface area (Å²) < 4.78 is 1.71. The Kier molecular flexibility index (Phi) is 5.88. The third-order valence-electron chi connectivity index (χ3n) is 3.41. The monoisotopic (exact) mass is 304 g/mol. The highest BCUT2D eigenvalue weighted by molar-refractivity contribution is 5.94. The van der Waals surface area contributed by atoms with Gasteiger partial charge in [-0.25, -0.2) is 0 Å². The number of hydrogen-bond acceptors (Lipinski definition) is 4. The molecule has 0 fully saturated rings. The minimum atomic E-state index is -0.739. The zero-order chi connectivity index (χ0) is 15.8. The molecule has 2 rings (SSSR count). The van der Waals surface area contributed by atoms with Crippen molar-refractivity contribution in [1.29, 1.82) is 0 Å². The summed E-state index contributed by atoms with van der Waals surface area (Å²) in [5.41, 5.74) is 1.28. The van der Waals surface area contributed by atoms with Crippen LogP contribution in [0.2, 0.25) is 0 Å². The molecule has 2 aromatic heterocycles. The number of unbranched alkanes of at least 4 members (excludes halogenated alkanes) is 4. The molecule has 0 unspecified atom stereocenters. The van der Waals surface area contributed by atoms with E-state index in [4.69, 9.17) is 5.11 Å². The van der Waals surface area contributed by atoms with Crippen LogP contribution in [0.1, 0.15) is 48.9 Å². The van der Waals surface area contributed by atoms with Gasteiger partial charge in [-0.15, -0.1) is 10.2 Å². The lowest BCUT2D eigenvalue weighted by molar-refractivity contribution is -0.137. The maximum absolute atomic E-state index is 12.0. The molecule has 2 N–H and O–H groups in total. The second kappa shape index (κ2) is 8.11. The molecule has 1 amide bonds. The highest BCUT2D eigenvalue weighted by Crippen LogP contribution is 2.06. The number of carboxylic acids is 1. The van der Waals surface area contributed by atoms with Crippen LogP contribution in [-0.4, -0.2) is 38.1 Å². The van der Waals surface area contributed by atoms with Crippen molar-refractivity contribution in [2.75, 3.05) is 6.54 Å². The summed E-state index contributed by atoms with van der Waals surface area (Å²) in [5.74, 6) is -0.848. The SMILES string of the molecule is O=C(O)CCCCCCCNC(=O)c1ccc2nncn2c1. The predicted molar refractivity (Wildman–Crippen MR) is 80.7 cm³/mol. The third kappa shape index (κ3) is 4.83. The van der Waals surface area contributed by atoms with Crippen LogP contribution in [-0.2, 0) is 4.79 Å². The van der Waals surface area contributed by atoms with Crippen molar-refractivity contribution in [2.24, 2.45) is 0 Å². The number of aromatic nitrogens is 3. The van der Waals surface area contributed by atoms with Gasteiger partial charge >= 0.3 is 5.97 Å². The van der Waals surface area contributed by atoms with Gasteiger partial charge in [-0.1, -0.05) is 19.3 Å². The zero-order valence-corrected chi connectivity index (χ0v) is 12.4. The Morgan fingerprint density at radius 1 is 1.14 bits per heavy atom. The highest BCUT2D eigenvalue weighted by atomic mass is 16.4. The van der Waals surface area contributed by atoms with Crippen LogP contribution in [0.4, 0.5) is 0 Å². The van der Waals surface area contributed by atoms with Crippen molar-refractivity contribution < 1.29 is 14.7 Å². The number of rotatable bonds is 9. The molecule has 118 valence electrons. The van der Waals surface area contributed by atoms with Gasteiger partial charge in [-0.05, 0) is 25.0 Å². The minimum Gasteiger partial charge on any atom is -0.481 e. The molecule has 0 saturated carbocycles. The van der Waals surface area contributed by atoms with Crippen LogP contribution in [0.3, 0.4) is 0 Å². The molecule has 0 spiro atoms. The standard InChI is InChI=1S/C15H20N4O3/c20-14(21)6-4-2-1-3-5-9-16-15(22)12-7-8-13-18-17-11-19(13)10-12/h7-8,10-11H,1-6,9H2,(H,16,22)(H,20,21). The number of fused-ring (bicyclic) bond motifs is 1. The van der Waals surface area contributed by atoms with E-state index < -0.39 is 5.97 Å². The van der Waals surface area contributed by atoms with Crippen molar-refractivity contribution in [1.82, 2.24) is 19.9 Å². The summed E-state index contributed by atoms with van der Waals surface area (Å²) in [6.45, 7) is 0.623. The van der Waals surface area contributed by atoms with Crippen LogP contribution < -0.4 is 5.32 Å². The molecule has 2 aromatic rings. The zero-order valence-electron chi connectivity index (χ0n) is 12.4. The van der Waals surface area contributed by atoms with Crippen molar-refractivity contribution in [3.8, 4) is 0 Å². The van der Waals surface area contributed by atoms with Gasteiger partial charge < -0.3 is 10.4 Å². The molecule has 0 radical (unpaired) electrons. The molecule has 0 saturated heterocycles. The van der Waals surface area contributed by atoms with E-state index in [9.17, 15) is 9.59 Å². The maximum Gasteiger partial charge on any atom is 0.303 e. The maximum atomic E-state index is 12.0. The van der Waals surface area contributed by atoms with Gasteiger partial charge in [-0.2, -0.15) is 0 Å². The Labute approximate surface area is 128 Å². The quantitative estimate of drug-likeness (QED) is 0.689. The van der Waals surface area contributed by atoms with E-state index >= 15 is 0 Å². The van der Waals surface area contributed by atoms with Crippen molar-refractivity contribution >= 4 is 17.5 Å². The van der Waals surface area contributed by atoms with Gasteiger partial charge in [0.2, 0.25) is 0 Å². The Balaban J connectivity index is 1.62. The summed E-state index contributed by atoms with van der Waals surface area (Å²) in [7, 11) is 0. The first-order valence-electron chi connectivity index (χ1n) is 7.46. The number of carbonyl (C=O) groups excluding carboxylic acids is 1. The first kappa shape index (κ1) is 15.9. The normalized spacial score (nSPS) is 10.7. The number of aliphatic carboxylic acids is 1. The summed E-state index contributed by atoms with van der Waals surface area (Å²) in [6.07, 6.45) is 8.03. The Bertz CT molecular complexity index is 639. The van der Waals surface area contributed by atoms with E-state index in [1.165, 1.54) is 0 Å². The van der Waals surface area contributed by atoms with E-state index in [-0.39, 0.29) is 12.3 Å². The number of carboxylic acid groups (broad SMARTS) is 1. The summed E-state index contributed by atoms with van der Waals surface area (Å²) >= 11 is 0. The number of pyridine rings is 1. The molecular weight excluding hydrogens is 284 g/mol. The second-order valence-corrected chi connectivity index (χ2v) is 5.18. The molecule has 7 nitrogen and oxygen atoms in total. The average molecular weight is 304 g/mol. The molecule has 22 heavy (non-hydrogen) atoms. The molecular formula is C15H20N4O3. The van der Waals surface area contributed by atoms with Crippen LogP contribution in [0.15, 0.2) is 24.7 Å². The van der Waals surface area contributed by atoms with E-state index in [1.807, 2.05) is 0 Å². The van der Waals surface area contributed by atoms with E-state index in [2.05, 4.69) is 15.5 Å². The number of nitrogens with one attached hydrogen (secondary N) is 1. The molecule has 2 heterocycles. The number of amides is 1. The van der Waals surface area contributed by atoms with Gasteiger partial charge in [0.1, 0.15) is 6.33 Å². The molecule has 0 aromatic carbocycles. The largest absolute Gasteiger partial charge is 0.481 e. The van der Waals surface area contributed by atoms with E-state index in [1.54, 1.807) is 29.1 Å². The fourth-order valence-electron chi connectivity index (χ4n) is 2.20. The van der Waals surface area contributed by atoms with Gasteiger partial charge in [0.15, 0.2) is 5.65 Å². The fourth-order valence-corrected chi connectivity index (χ4v) is 2.20. The molecule has 0 bridgehead atoms. The molecule has 0 aliphatic rings. The van der Waals surface area contributed by atoms with Gasteiger partial charge in [-0.3, -0.25) is 14.0 Å². The van der Waals surface area contributed by atoms with Crippen molar-refractivity contribution in [3.63, 3.8) is 0 Å². The summed E-state index contributed by atoms with van der Waals surface area (Å²) in [6, 6.07) is 3.48. The Morgan fingerprint density at radius 2 is 1.91 bits per heavy atom. The van der Waals surface area contributed by atoms with Crippen molar-refractivity contribution in [3.05, 3.63) is 30.2 Å². The molecule has 7 heteroatoms. The first-order chi connectivity index (χ1) is 10.7. The van der Waals surface area contributed by atoms with Crippen LogP contribution in [0, 0.1) is 0 Å². The molecule has 0 atom stereocenters. The van der Waals surface area contributed by atoms with E-state index in [0.717, 1.165) is 32.1 Å². The smallest absolute Gasteiger partial charge is 0.303 e. The molecule has 0 aliphatic heterocycles. The van der Waals surface area contributed by atoms with Gasteiger partial charge in [0.25, 0.3) is 5.91 Å². The van der Waals surface area contributed by atoms with Gasteiger partial charge in [0, 0.05) is 19.2 Å². The topological polar surface area (TPSA) is 96.6 Å². The van der Waals surface area contributed by atoms with Crippen LogP contribution >= 0.6 is 0 Å². The summed E-state index contributed by atoms with van der Waals surface area (Å²) in [4.78, 5) is 22.3. The lowest BCUT2D eigenvalue weighted by atomic mass is 10.1. The van der Waals surface area contributed by atoms with Crippen LogP contribution in [0.5, 0.6) is 0 Å². The van der Waals surface area contributed by atoms with Gasteiger partial charge in [0.05, 0.1) is 5.56 Å². The highest BCUT2D eigenvalue weighted by Gasteiger charge is 2.06. The summed E-state index contributed by atoms with van der Waals surface area (Å²) in [5, 5.41) is 19.1. The predicted octanol–water partition coefficient (Wildman–Crippen LogP) is 1.88. The van der Waals surface area contributed by atoms with Crippen LogP contribution in [0.25, 0.3) is 5.65 Å². The number of hydrogen-bond donors (Lipinski definition) is 2. The average Bonchev–Trinajstić information content (AvgIpc) is 2.96. The second-order valence-electron chi connectivity index (χ2n) is 5.18. The molecule has 0 aliphatic carbocycles. The first-order valence-corrected chi connectivity index (χ1v) is 7.46. The number of nitrogens with zero attached hydrogens (tertiary/aromatic N) is 3. The van der Waals surface area contributed by atoms with E-state index in [0.29, 0.717) is 17.8 Å². The third-order valence-corrected chi connectivity index (χ3v) is 3.41. The fraction of sp³-hybridized carbons (Fsp3) is 0.467. The Hall–Kier alpha value is -2.44. The van der Waals surface area contributed by atoms with Crippen molar-refractivity contribution in [2.45, 2.75) is 38.5 Å². The Morgan fingerprint density at radius 3 is 2.73 bits per heavy atom. The lowest BCUT2D eigenvalue weighted by Gasteiger charge is -2.05. The number of carbonyl (C=O) groups is 2. The lowest BCUT2D eigenvalue weighted by Crippen LogP contribution is -2.24.